The minimum atomic E-state index is 0.140. The molecule has 7 heteroatoms. The average molecular weight is 328 g/mol. The first-order chi connectivity index (χ1) is 10.0. The summed E-state index contributed by atoms with van der Waals surface area (Å²) in [5.74, 6) is 0.858. The molecule has 5 nitrogen and oxygen atoms in total. The van der Waals surface area contributed by atoms with Gasteiger partial charge in [-0.05, 0) is 48.5 Å². The van der Waals surface area contributed by atoms with Crippen LogP contribution in [-0.4, -0.2) is 32.2 Å². The van der Waals surface area contributed by atoms with Gasteiger partial charge in [0.15, 0.2) is 5.82 Å². The maximum absolute atomic E-state index is 6.27. The zero-order chi connectivity index (χ0) is 15.4. The molecule has 0 saturated heterocycles. The van der Waals surface area contributed by atoms with Crippen molar-refractivity contribution in [3.8, 4) is 0 Å². The van der Waals surface area contributed by atoms with Gasteiger partial charge in [-0.15, -0.1) is 5.10 Å². The van der Waals surface area contributed by atoms with E-state index in [4.69, 9.17) is 23.2 Å². The van der Waals surface area contributed by atoms with Gasteiger partial charge in [-0.1, -0.05) is 36.2 Å². The highest BCUT2D eigenvalue weighted by Crippen LogP contribution is 2.29. The fraction of sp³-hybridized carbons (Fsp3) is 0.500. The van der Waals surface area contributed by atoms with E-state index in [0.717, 1.165) is 24.4 Å². The van der Waals surface area contributed by atoms with Crippen LogP contribution < -0.4 is 0 Å². The van der Waals surface area contributed by atoms with Gasteiger partial charge in [0.2, 0.25) is 0 Å². The topological polar surface area (TPSA) is 46.8 Å². The maximum atomic E-state index is 6.27. The molecule has 0 bridgehead atoms. The summed E-state index contributed by atoms with van der Waals surface area (Å²) in [5.41, 5.74) is 1.04. The van der Waals surface area contributed by atoms with Crippen LogP contribution in [0.15, 0.2) is 18.2 Å². The van der Waals surface area contributed by atoms with Crippen LogP contribution in [0.1, 0.15) is 37.7 Å². The van der Waals surface area contributed by atoms with Gasteiger partial charge in [-0.2, -0.15) is 0 Å². The molecule has 21 heavy (non-hydrogen) atoms. The Morgan fingerprint density at radius 1 is 1.33 bits per heavy atom. The molecule has 0 amide bonds. The third kappa shape index (κ3) is 3.93. The Kier molecular flexibility index (Phi) is 5.56. The second-order valence-corrected chi connectivity index (χ2v) is 5.92. The second kappa shape index (κ2) is 7.20. The highest BCUT2D eigenvalue weighted by molar-refractivity contribution is 6.35. The highest BCUT2D eigenvalue weighted by atomic mass is 35.5. The van der Waals surface area contributed by atoms with Crippen LogP contribution in [0.3, 0.4) is 0 Å². The summed E-state index contributed by atoms with van der Waals surface area (Å²) in [4.78, 5) is 2.16. The molecule has 1 aromatic carbocycles. The monoisotopic (exact) mass is 327 g/mol. The van der Waals surface area contributed by atoms with E-state index in [1.807, 2.05) is 23.9 Å². The number of benzene rings is 1. The summed E-state index contributed by atoms with van der Waals surface area (Å²) in [7, 11) is 2.03. The predicted octanol–water partition coefficient (Wildman–Crippen LogP) is 3.58. The standard InChI is InChI=1S/C14H19Cl2N5/c1-4-7-21-14(17-18-19-21)9-20(3)10(2)12-6-5-11(15)8-13(12)16/h5-6,8,10H,4,7,9H2,1-3H3. The molecule has 0 fully saturated rings. The van der Waals surface area contributed by atoms with Crippen molar-refractivity contribution in [3.05, 3.63) is 39.6 Å². The molecule has 0 saturated carbocycles. The molecule has 0 radical (unpaired) electrons. The number of aryl methyl sites for hydroxylation is 1. The Morgan fingerprint density at radius 2 is 2.10 bits per heavy atom. The molecule has 1 heterocycles. The molecule has 2 rings (SSSR count). The van der Waals surface area contributed by atoms with E-state index in [2.05, 4.69) is 34.3 Å². The van der Waals surface area contributed by atoms with E-state index in [0.29, 0.717) is 16.6 Å². The lowest BCUT2D eigenvalue weighted by molar-refractivity contribution is 0.241. The van der Waals surface area contributed by atoms with Crippen molar-refractivity contribution >= 4 is 23.2 Å². The number of hydrogen-bond acceptors (Lipinski definition) is 4. The van der Waals surface area contributed by atoms with Crippen LogP contribution in [0.2, 0.25) is 10.0 Å². The highest BCUT2D eigenvalue weighted by Gasteiger charge is 2.17. The molecule has 0 aliphatic carbocycles. The predicted molar refractivity (Wildman–Crippen MR) is 84.5 cm³/mol. The lowest BCUT2D eigenvalue weighted by Gasteiger charge is -2.25. The summed E-state index contributed by atoms with van der Waals surface area (Å²) < 4.78 is 1.84. The number of hydrogen-bond donors (Lipinski definition) is 0. The molecule has 0 N–H and O–H groups in total. The Hall–Kier alpha value is -1.17. The minimum Gasteiger partial charge on any atom is -0.292 e. The van der Waals surface area contributed by atoms with Crippen molar-refractivity contribution in [1.29, 1.82) is 0 Å². The summed E-state index contributed by atoms with van der Waals surface area (Å²) in [6.07, 6.45) is 1.00. The number of aromatic nitrogens is 4. The van der Waals surface area contributed by atoms with Crippen molar-refractivity contribution in [2.45, 2.75) is 39.4 Å². The first-order valence-electron chi connectivity index (χ1n) is 6.93. The average Bonchev–Trinajstić information content (AvgIpc) is 2.86. The minimum absolute atomic E-state index is 0.140. The van der Waals surface area contributed by atoms with E-state index in [-0.39, 0.29) is 6.04 Å². The summed E-state index contributed by atoms with van der Waals surface area (Å²) in [6.45, 7) is 5.69. The largest absolute Gasteiger partial charge is 0.292 e. The molecular weight excluding hydrogens is 309 g/mol. The first kappa shape index (κ1) is 16.2. The van der Waals surface area contributed by atoms with E-state index >= 15 is 0 Å². The first-order valence-corrected chi connectivity index (χ1v) is 7.68. The number of nitrogens with zero attached hydrogens (tertiary/aromatic N) is 5. The van der Waals surface area contributed by atoms with Crippen molar-refractivity contribution in [3.63, 3.8) is 0 Å². The SMILES string of the molecule is CCCn1nnnc1CN(C)C(C)c1ccc(Cl)cc1Cl. The zero-order valence-corrected chi connectivity index (χ0v) is 13.9. The molecule has 1 aromatic heterocycles. The van der Waals surface area contributed by atoms with Crippen molar-refractivity contribution < 1.29 is 0 Å². The fourth-order valence-corrected chi connectivity index (χ4v) is 2.73. The molecular formula is C14H19Cl2N5. The van der Waals surface area contributed by atoms with Crippen LogP contribution in [-0.2, 0) is 13.1 Å². The normalized spacial score (nSPS) is 12.9. The summed E-state index contributed by atoms with van der Waals surface area (Å²) in [6, 6.07) is 5.72. The zero-order valence-electron chi connectivity index (χ0n) is 12.4. The quantitative estimate of drug-likeness (QED) is 0.813. The van der Waals surface area contributed by atoms with Crippen LogP contribution in [0.25, 0.3) is 0 Å². The maximum Gasteiger partial charge on any atom is 0.165 e. The fourth-order valence-electron chi connectivity index (χ4n) is 2.16. The third-order valence-electron chi connectivity index (χ3n) is 3.51. The molecule has 0 aliphatic rings. The second-order valence-electron chi connectivity index (χ2n) is 5.08. The number of halogens is 2. The summed E-state index contributed by atoms with van der Waals surface area (Å²) >= 11 is 12.2. The van der Waals surface area contributed by atoms with Gasteiger partial charge in [-0.3, -0.25) is 4.90 Å². The van der Waals surface area contributed by atoms with Crippen molar-refractivity contribution in [2.24, 2.45) is 0 Å². The molecule has 0 aliphatic heterocycles. The Balaban J connectivity index is 2.11. The van der Waals surface area contributed by atoms with Crippen molar-refractivity contribution in [1.82, 2.24) is 25.1 Å². The van der Waals surface area contributed by atoms with Gasteiger partial charge in [0.05, 0.1) is 6.54 Å². The van der Waals surface area contributed by atoms with Crippen LogP contribution in [0, 0.1) is 0 Å². The van der Waals surface area contributed by atoms with Gasteiger partial charge in [0, 0.05) is 22.6 Å². The molecule has 114 valence electrons. The third-order valence-corrected chi connectivity index (χ3v) is 4.07. The number of rotatable bonds is 6. The van der Waals surface area contributed by atoms with Crippen LogP contribution in [0.4, 0.5) is 0 Å². The van der Waals surface area contributed by atoms with E-state index in [1.165, 1.54) is 0 Å². The van der Waals surface area contributed by atoms with Crippen LogP contribution in [0.5, 0.6) is 0 Å². The lowest BCUT2D eigenvalue weighted by atomic mass is 10.1. The van der Waals surface area contributed by atoms with Gasteiger partial charge < -0.3 is 0 Å². The summed E-state index contributed by atoms with van der Waals surface area (Å²) in [5, 5.41) is 13.2. The van der Waals surface area contributed by atoms with E-state index in [1.54, 1.807) is 6.07 Å². The smallest absolute Gasteiger partial charge is 0.165 e. The van der Waals surface area contributed by atoms with Crippen molar-refractivity contribution in [2.75, 3.05) is 7.05 Å². The van der Waals surface area contributed by atoms with Crippen LogP contribution >= 0.6 is 23.2 Å². The van der Waals surface area contributed by atoms with E-state index < -0.39 is 0 Å². The van der Waals surface area contributed by atoms with Gasteiger partial charge >= 0.3 is 0 Å². The van der Waals surface area contributed by atoms with Gasteiger partial charge in [0.25, 0.3) is 0 Å². The Morgan fingerprint density at radius 3 is 2.76 bits per heavy atom. The van der Waals surface area contributed by atoms with Gasteiger partial charge in [-0.25, -0.2) is 4.68 Å². The molecule has 0 spiro atoms. The lowest BCUT2D eigenvalue weighted by Crippen LogP contribution is -2.24. The Labute approximate surface area is 134 Å². The van der Waals surface area contributed by atoms with E-state index in [9.17, 15) is 0 Å². The van der Waals surface area contributed by atoms with Gasteiger partial charge in [0.1, 0.15) is 0 Å². The number of tetrazole rings is 1. The molecule has 1 unspecified atom stereocenters. The Bertz CT molecular complexity index is 599. The molecule has 1 atom stereocenters. The molecule has 2 aromatic rings.